The van der Waals surface area contributed by atoms with Gasteiger partial charge in [0.25, 0.3) is 0 Å². The van der Waals surface area contributed by atoms with Crippen molar-refractivity contribution in [1.82, 2.24) is 0 Å². The summed E-state index contributed by atoms with van der Waals surface area (Å²) in [5.74, 6) is 1.67. The van der Waals surface area contributed by atoms with Gasteiger partial charge in [0.05, 0.1) is 28.3 Å². The normalized spacial score (nSPS) is 10.3. The molecule has 3 nitrogen and oxygen atoms in total. The Balaban J connectivity index is 2.13. The first-order valence-corrected chi connectivity index (χ1v) is 8.22. The van der Waals surface area contributed by atoms with E-state index >= 15 is 0 Å². The second-order valence-electron chi connectivity index (χ2n) is 4.38. The zero-order chi connectivity index (χ0) is 15.2. The third kappa shape index (κ3) is 4.14. The van der Waals surface area contributed by atoms with Crippen LogP contribution in [0.15, 0.2) is 45.3 Å². The van der Waals surface area contributed by atoms with Crippen LogP contribution in [0.25, 0.3) is 0 Å². The van der Waals surface area contributed by atoms with Crippen LogP contribution in [0.5, 0.6) is 11.5 Å². The Morgan fingerprint density at radius 2 is 1.76 bits per heavy atom. The Morgan fingerprint density at radius 1 is 1.10 bits per heavy atom. The van der Waals surface area contributed by atoms with Gasteiger partial charge in [-0.15, -0.1) is 0 Å². The summed E-state index contributed by atoms with van der Waals surface area (Å²) in [6.07, 6.45) is 0. The second-order valence-corrected chi connectivity index (χ2v) is 6.08. The number of rotatable bonds is 6. The zero-order valence-corrected chi connectivity index (χ0v) is 15.1. The van der Waals surface area contributed by atoms with Crippen molar-refractivity contribution in [3.05, 3.63) is 50.9 Å². The first-order valence-electron chi connectivity index (χ1n) is 6.63. The molecule has 0 aliphatic heterocycles. The number of hydrogen-bond acceptors (Lipinski definition) is 3. The molecule has 0 aliphatic rings. The molecule has 0 amide bonds. The van der Waals surface area contributed by atoms with Gasteiger partial charge in [-0.05, 0) is 68.6 Å². The number of ether oxygens (including phenoxy) is 2. The van der Waals surface area contributed by atoms with Crippen LogP contribution < -0.4 is 14.8 Å². The van der Waals surface area contributed by atoms with E-state index in [1.54, 1.807) is 7.11 Å². The molecule has 0 spiro atoms. The molecule has 2 aromatic rings. The molecule has 0 saturated heterocycles. The lowest BCUT2D eigenvalue weighted by molar-refractivity contribution is 0.341. The van der Waals surface area contributed by atoms with E-state index in [1.165, 1.54) is 0 Å². The average molecular weight is 415 g/mol. The molecule has 0 aliphatic carbocycles. The van der Waals surface area contributed by atoms with Crippen LogP contribution in [0.3, 0.4) is 0 Å². The second kappa shape index (κ2) is 7.71. The fraction of sp³-hybridized carbons (Fsp3) is 0.250. The molecule has 0 radical (unpaired) electrons. The SMILES string of the molecule is CCOc1ccccc1NCc1cc(Br)c(OC)c(Br)c1. The highest BCUT2D eigenvalue weighted by Gasteiger charge is 2.08. The third-order valence-electron chi connectivity index (χ3n) is 2.93. The Kier molecular flexibility index (Phi) is 5.94. The molecular formula is C16H17Br2NO2. The van der Waals surface area contributed by atoms with Gasteiger partial charge < -0.3 is 14.8 Å². The summed E-state index contributed by atoms with van der Waals surface area (Å²) in [4.78, 5) is 0. The predicted molar refractivity (Wildman–Crippen MR) is 93.3 cm³/mol. The molecule has 0 atom stereocenters. The van der Waals surface area contributed by atoms with Crippen LogP contribution in [0.1, 0.15) is 12.5 Å². The topological polar surface area (TPSA) is 30.5 Å². The molecule has 0 saturated carbocycles. The maximum atomic E-state index is 5.61. The van der Waals surface area contributed by atoms with Gasteiger partial charge >= 0.3 is 0 Å². The highest BCUT2D eigenvalue weighted by atomic mass is 79.9. The minimum absolute atomic E-state index is 0.651. The maximum Gasteiger partial charge on any atom is 0.147 e. The van der Waals surface area contributed by atoms with Crippen LogP contribution in [0.2, 0.25) is 0 Å². The molecule has 0 bridgehead atoms. The largest absolute Gasteiger partial charge is 0.494 e. The number of methoxy groups -OCH3 is 1. The van der Waals surface area contributed by atoms with Crippen LogP contribution in [0.4, 0.5) is 5.69 Å². The number of para-hydroxylation sites is 2. The van der Waals surface area contributed by atoms with Crippen LogP contribution in [-0.2, 0) is 6.54 Å². The molecule has 2 rings (SSSR count). The average Bonchev–Trinajstić information content (AvgIpc) is 2.46. The molecule has 0 aromatic heterocycles. The minimum Gasteiger partial charge on any atom is -0.494 e. The number of hydrogen-bond donors (Lipinski definition) is 1. The van der Waals surface area contributed by atoms with Crippen molar-refractivity contribution in [3.8, 4) is 11.5 Å². The fourth-order valence-corrected chi connectivity index (χ4v) is 3.61. The van der Waals surface area contributed by atoms with Gasteiger partial charge in [0.1, 0.15) is 11.5 Å². The first kappa shape index (κ1) is 16.2. The first-order chi connectivity index (χ1) is 10.2. The number of halogens is 2. The van der Waals surface area contributed by atoms with E-state index in [9.17, 15) is 0 Å². The quantitative estimate of drug-likeness (QED) is 0.701. The van der Waals surface area contributed by atoms with Crippen molar-refractivity contribution in [2.75, 3.05) is 19.0 Å². The van der Waals surface area contributed by atoms with Crippen LogP contribution in [-0.4, -0.2) is 13.7 Å². The summed E-state index contributed by atoms with van der Waals surface area (Å²) >= 11 is 7.03. The van der Waals surface area contributed by atoms with Gasteiger partial charge in [0.2, 0.25) is 0 Å². The van der Waals surface area contributed by atoms with Crippen molar-refractivity contribution < 1.29 is 9.47 Å². The smallest absolute Gasteiger partial charge is 0.147 e. The zero-order valence-electron chi connectivity index (χ0n) is 12.0. The predicted octanol–water partition coefficient (Wildman–Crippen LogP) is 5.23. The van der Waals surface area contributed by atoms with E-state index in [4.69, 9.17) is 9.47 Å². The lowest BCUT2D eigenvalue weighted by Gasteiger charge is -2.13. The van der Waals surface area contributed by atoms with Gasteiger partial charge in [-0.2, -0.15) is 0 Å². The summed E-state index contributed by atoms with van der Waals surface area (Å²) < 4.78 is 12.8. The minimum atomic E-state index is 0.651. The summed E-state index contributed by atoms with van der Waals surface area (Å²) in [6, 6.07) is 12.0. The van der Waals surface area contributed by atoms with Gasteiger partial charge in [0, 0.05) is 6.54 Å². The van der Waals surface area contributed by atoms with E-state index in [0.29, 0.717) is 13.2 Å². The third-order valence-corrected chi connectivity index (χ3v) is 4.11. The highest BCUT2D eigenvalue weighted by molar-refractivity contribution is 9.11. The van der Waals surface area contributed by atoms with E-state index in [2.05, 4.69) is 37.2 Å². The molecule has 1 N–H and O–H groups in total. The molecule has 112 valence electrons. The summed E-state index contributed by atoms with van der Waals surface area (Å²) in [6.45, 7) is 3.33. The van der Waals surface area contributed by atoms with Gasteiger partial charge in [-0.3, -0.25) is 0 Å². The van der Waals surface area contributed by atoms with Gasteiger partial charge in [-0.25, -0.2) is 0 Å². The Morgan fingerprint density at radius 3 is 2.38 bits per heavy atom. The van der Waals surface area contributed by atoms with Crippen molar-refractivity contribution >= 4 is 37.5 Å². The molecule has 21 heavy (non-hydrogen) atoms. The van der Waals surface area contributed by atoms with E-state index in [1.807, 2.05) is 43.3 Å². The lowest BCUT2D eigenvalue weighted by atomic mass is 10.2. The number of anilines is 1. The molecule has 0 unspecified atom stereocenters. The van der Waals surface area contributed by atoms with Crippen molar-refractivity contribution in [1.29, 1.82) is 0 Å². The Labute approximate surface area is 141 Å². The van der Waals surface area contributed by atoms with Gasteiger partial charge in [0.15, 0.2) is 0 Å². The summed E-state index contributed by atoms with van der Waals surface area (Å²) in [7, 11) is 1.65. The van der Waals surface area contributed by atoms with Crippen molar-refractivity contribution in [3.63, 3.8) is 0 Å². The molecule has 2 aromatic carbocycles. The summed E-state index contributed by atoms with van der Waals surface area (Å²) in [5.41, 5.74) is 2.13. The number of benzene rings is 2. The van der Waals surface area contributed by atoms with Crippen molar-refractivity contribution in [2.45, 2.75) is 13.5 Å². The van der Waals surface area contributed by atoms with Gasteiger partial charge in [-0.1, -0.05) is 12.1 Å². The van der Waals surface area contributed by atoms with E-state index < -0.39 is 0 Å². The fourth-order valence-electron chi connectivity index (χ4n) is 2.00. The van der Waals surface area contributed by atoms with Crippen molar-refractivity contribution in [2.24, 2.45) is 0 Å². The van der Waals surface area contributed by atoms with E-state index in [0.717, 1.165) is 31.7 Å². The summed E-state index contributed by atoms with van der Waals surface area (Å²) in [5, 5.41) is 3.40. The Hall–Kier alpha value is -1.20. The maximum absolute atomic E-state index is 5.61. The van der Waals surface area contributed by atoms with E-state index in [-0.39, 0.29) is 0 Å². The van der Waals surface area contributed by atoms with Crippen LogP contribution in [0, 0.1) is 0 Å². The lowest BCUT2D eigenvalue weighted by Crippen LogP contribution is -2.03. The number of nitrogens with one attached hydrogen (secondary N) is 1. The molecular weight excluding hydrogens is 398 g/mol. The van der Waals surface area contributed by atoms with Crippen LogP contribution >= 0.6 is 31.9 Å². The highest BCUT2D eigenvalue weighted by Crippen LogP contribution is 2.34. The molecule has 0 fully saturated rings. The monoisotopic (exact) mass is 413 g/mol. The Bertz CT molecular complexity index is 594. The molecule has 5 heteroatoms. The molecule has 0 heterocycles. The standard InChI is InChI=1S/C16H17Br2NO2/c1-3-21-15-7-5-4-6-14(15)19-10-11-8-12(17)16(20-2)13(18)9-11/h4-9,19H,3,10H2,1-2H3.